The van der Waals surface area contributed by atoms with Gasteiger partial charge in [-0.15, -0.1) is 0 Å². The van der Waals surface area contributed by atoms with Crippen molar-refractivity contribution >= 4 is 5.97 Å². The summed E-state index contributed by atoms with van der Waals surface area (Å²) in [4.78, 5) is 15.0. The molecule has 1 aromatic carbocycles. The average molecular weight is 257 g/mol. The van der Waals surface area contributed by atoms with Crippen LogP contribution in [0.25, 0.3) is 0 Å². The smallest absolute Gasteiger partial charge is 0.310 e. The molecule has 0 bridgehead atoms. The van der Waals surface area contributed by atoms with E-state index in [1.807, 2.05) is 31.2 Å². The molecule has 1 unspecified atom stereocenters. The summed E-state index contributed by atoms with van der Waals surface area (Å²) in [6.45, 7) is 3.63. The summed E-state index contributed by atoms with van der Waals surface area (Å²) in [7, 11) is 0. The number of nitrogens with zero attached hydrogens (tertiary/aromatic N) is 1. The standard InChI is InChI=1S/C15H15NO3/c1-10-3-5-13(6-4-10)19-14-9-12(7-8-16-14)11(2)15(17)18/h3-9,11H,1-2H3,(H,17,18). The van der Waals surface area contributed by atoms with Gasteiger partial charge in [-0.25, -0.2) is 4.98 Å². The highest BCUT2D eigenvalue weighted by Gasteiger charge is 2.14. The maximum Gasteiger partial charge on any atom is 0.310 e. The monoisotopic (exact) mass is 257 g/mol. The van der Waals surface area contributed by atoms with E-state index in [9.17, 15) is 4.79 Å². The molecule has 4 heteroatoms. The zero-order valence-corrected chi connectivity index (χ0v) is 10.8. The van der Waals surface area contributed by atoms with Crippen LogP contribution >= 0.6 is 0 Å². The number of hydrogen-bond acceptors (Lipinski definition) is 3. The van der Waals surface area contributed by atoms with E-state index in [-0.39, 0.29) is 0 Å². The molecule has 0 aliphatic carbocycles. The molecule has 1 N–H and O–H groups in total. The first-order valence-corrected chi connectivity index (χ1v) is 5.99. The molecule has 2 rings (SSSR count). The van der Waals surface area contributed by atoms with Gasteiger partial charge in [-0.1, -0.05) is 17.7 Å². The highest BCUT2D eigenvalue weighted by atomic mass is 16.5. The molecule has 1 aromatic heterocycles. The number of carboxylic acids is 1. The molecule has 0 fully saturated rings. The van der Waals surface area contributed by atoms with Crippen molar-refractivity contribution in [2.75, 3.05) is 0 Å². The van der Waals surface area contributed by atoms with Gasteiger partial charge in [-0.3, -0.25) is 4.79 Å². The van der Waals surface area contributed by atoms with Crippen molar-refractivity contribution in [2.45, 2.75) is 19.8 Å². The number of pyridine rings is 1. The third kappa shape index (κ3) is 3.31. The largest absolute Gasteiger partial charge is 0.481 e. The molecule has 2 aromatic rings. The van der Waals surface area contributed by atoms with E-state index in [1.165, 1.54) is 0 Å². The number of benzene rings is 1. The Morgan fingerprint density at radius 1 is 1.26 bits per heavy atom. The minimum atomic E-state index is -0.868. The van der Waals surface area contributed by atoms with Crippen molar-refractivity contribution in [3.05, 3.63) is 53.7 Å². The van der Waals surface area contributed by atoms with Gasteiger partial charge in [0.05, 0.1) is 5.92 Å². The summed E-state index contributed by atoms with van der Waals surface area (Å²) in [5.41, 5.74) is 1.82. The Bertz CT molecular complexity index is 578. The summed E-state index contributed by atoms with van der Waals surface area (Å²) in [6.07, 6.45) is 1.55. The van der Waals surface area contributed by atoms with Crippen LogP contribution in [0.2, 0.25) is 0 Å². The van der Waals surface area contributed by atoms with Crippen LogP contribution in [0, 0.1) is 6.92 Å². The lowest BCUT2D eigenvalue weighted by atomic mass is 10.0. The Labute approximate surface area is 111 Å². The Morgan fingerprint density at radius 2 is 1.95 bits per heavy atom. The van der Waals surface area contributed by atoms with Gasteiger partial charge in [0.1, 0.15) is 5.75 Å². The highest BCUT2D eigenvalue weighted by molar-refractivity contribution is 5.75. The van der Waals surface area contributed by atoms with Gasteiger partial charge in [0.15, 0.2) is 0 Å². The van der Waals surface area contributed by atoms with E-state index in [0.29, 0.717) is 17.2 Å². The lowest BCUT2D eigenvalue weighted by molar-refractivity contribution is -0.138. The molecule has 19 heavy (non-hydrogen) atoms. The lowest BCUT2D eigenvalue weighted by Crippen LogP contribution is -2.07. The van der Waals surface area contributed by atoms with E-state index in [2.05, 4.69) is 4.98 Å². The summed E-state index contributed by atoms with van der Waals surface area (Å²) in [5.74, 6) is -0.372. The number of carbonyl (C=O) groups is 1. The van der Waals surface area contributed by atoms with E-state index in [1.54, 1.807) is 25.3 Å². The zero-order chi connectivity index (χ0) is 13.8. The molecule has 1 atom stereocenters. The maximum absolute atomic E-state index is 10.9. The van der Waals surface area contributed by atoms with Crippen LogP contribution in [-0.4, -0.2) is 16.1 Å². The molecule has 4 nitrogen and oxygen atoms in total. The molecule has 0 radical (unpaired) electrons. The first-order chi connectivity index (χ1) is 9.06. The van der Waals surface area contributed by atoms with Crippen molar-refractivity contribution in [2.24, 2.45) is 0 Å². The van der Waals surface area contributed by atoms with Crippen molar-refractivity contribution in [3.63, 3.8) is 0 Å². The fraction of sp³-hybridized carbons (Fsp3) is 0.200. The number of hydrogen-bond donors (Lipinski definition) is 1. The fourth-order valence-corrected chi connectivity index (χ4v) is 1.62. The second-order valence-electron chi connectivity index (χ2n) is 4.40. The first-order valence-electron chi connectivity index (χ1n) is 5.99. The average Bonchev–Trinajstić information content (AvgIpc) is 2.41. The number of rotatable bonds is 4. The van der Waals surface area contributed by atoms with Crippen LogP contribution in [0.1, 0.15) is 24.0 Å². The van der Waals surface area contributed by atoms with Crippen molar-refractivity contribution in [1.29, 1.82) is 0 Å². The predicted octanol–water partition coefficient (Wildman–Crippen LogP) is 3.37. The van der Waals surface area contributed by atoms with Gasteiger partial charge in [0.25, 0.3) is 0 Å². The molecule has 1 heterocycles. The minimum Gasteiger partial charge on any atom is -0.481 e. The topological polar surface area (TPSA) is 59.4 Å². The van der Waals surface area contributed by atoms with Gasteiger partial charge in [0.2, 0.25) is 5.88 Å². The third-order valence-electron chi connectivity index (χ3n) is 2.87. The molecule has 98 valence electrons. The maximum atomic E-state index is 10.9. The van der Waals surface area contributed by atoms with Crippen LogP contribution in [0.4, 0.5) is 0 Å². The van der Waals surface area contributed by atoms with Gasteiger partial charge in [-0.2, -0.15) is 0 Å². The first kappa shape index (κ1) is 13.1. The molecule has 0 spiro atoms. The lowest BCUT2D eigenvalue weighted by Gasteiger charge is -2.09. The molecule has 0 saturated heterocycles. The zero-order valence-electron chi connectivity index (χ0n) is 10.8. The quantitative estimate of drug-likeness (QED) is 0.912. The fourth-order valence-electron chi connectivity index (χ4n) is 1.62. The summed E-state index contributed by atoms with van der Waals surface area (Å²) in [5, 5.41) is 8.99. The number of aliphatic carboxylic acids is 1. The van der Waals surface area contributed by atoms with Crippen molar-refractivity contribution in [1.82, 2.24) is 4.98 Å². The van der Waals surface area contributed by atoms with Gasteiger partial charge in [0, 0.05) is 12.3 Å². The number of aromatic nitrogens is 1. The Morgan fingerprint density at radius 3 is 2.58 bits per heavy atom. The Hall–Kier alpha value is -2.36. The van der Waals surface area contributed by atoms with Gasteiger partial charge >= 0.3 is 5.97 Å². The summed E-state index contributed by atoms with van der Waals surface area (Å²) >= 11 is 0. The number of carboxylic acid groups (broad SMARTS) is 1. The summed E-state index contributed by atoms with van der Waals surface area (Å²) in [6, 6.07) is 10.9. The van der Waals surface area contributed by atoms with Crippen molar-refractivity contribution < 1.29 is 14.6 Å². The van der Waals surface area contributed by atoms with Crippen LogP contribution < -0.4 is 4.74 Å². The predicted molar refractivity (Wildman–Crippen MR) is 71.5 cm³/mol. The molecule has 0 saturated carbocycles. The normalized spacial score (nSPS) is 11.9. The van der Waals surface area contributed by atoms with Crippen LogP contribution in [0.3, 0.4) is 0 Å². The Kier molecular flexibility index (Phi) is 3.80. The number of aryl methyl sites for hydroxylation is 1. The van der Waals surface area contributed by atoms with Gasteiger partial charge < -0.3 is 9.84 Å². The van der Waals surface area contributed by atoms with E-state index < -0.39 is 11.9 Å². The van der Waals surface area contributed by atoms with Crippen LogP contribution in [0.15, 0.2) is 42.6 Å². The van der Waals surface area contributed by atoms with Gasteiger partial charge in [-0.05, 0) is 37.6 Å². The molecule has 0 amide bonds. The van der Waals surface area contributed by atoms with Crippen LogP contribution in [-0.2, 0) is 4.79 Å². The molecule has 0 aliphatic heterocycles. The SMILES string of the molecule is Cc1ccc(Oc2cc(C(C)C(=O)O)ccn2)cc1. The van der Waals surface area contributed by atoms with E-state index in [0.717, 1.165) is 5.56 Å². The van der Waals surface area contributed by atoms with Crippen LogP contribution in [0.5, 0.6) is 11.6 Å². The third-order valence-corrected chi connectivity index (χ3v) is 2.87. The highest BCUT2D eigenvalue weighted by Crippen LogP contribution is 2.23. The van der Waals surface area contributed by atoms with E-state index in [4.69, 9.17) is 9.84 Å². The van der Waals surface area contributed by atoms with Crippen molar-refractivity contribution in [3.8, 4) is 11.6 Å². The molecule has 0 aliphatic rings. The Balaban J connectivity index is 2.19. The minimum absolute atomic E-state index is 0.398. The number of ether oxygens (including phenoxy) is 1. The summed E-state index contributed by atoms with van der Waals surface area (Å²) < 4.78 is 5.60. The second-order valence-corrected chi connectivity index (χ2v) is 4.40. The molecular weight excluding hydrogens is 242 g/mol. The second kappa shape index (κ2) is 5.52. The molecular formula is C15H15NO3. The van der Waals surface area contributed by atoms with E-state index >= 15 is 0 Å².